The molecule has 1 amide bonds. The van der Waals surface area contributed by atoms with Crippen molar-refractivity contribution in [3.8, 4) is 11.5 Å². The minimum Gasteiger partial charge on any atom is -0.493 e. The highest BCUT2D eigenvalue weighted by Gasteiger charge is 2.17. The Bertz CT molecular complexity index is 1320. The van der Waals surface area contributed by atoms with E-state index in [0.29, 0.717) is 22.3 Å². The van der Waals surface area contributed by atoms with Gasteiger partial charge >= 0.3 is 0 Å². The predicted octanol–water partition coefficient (Wildman–Crippen LogP) is 3.39. The fourth-order valence-electron chi connectivity index (χ4n) is 3.52. The minimum atomic E-state index is -0.363. The number of hydrogen-bond acceptors (Lipinski definition) is 5. The maximum atomic E-state index is 13.1. The topological polar surface area (TPSA) is 82.5 Å². The van der Waals surface area contributed by atoms with Crippen LogP contribution in [0.5, 0.6) is 11.5 Å². The van der Waals surface area contributed by atoms with Crippen LogP contribution in [-0.4, -0.2) is 29.9 Å². The normalized spacial score (nSPS) is 10.7. The van der Waals surface area contributed by atoms with Crippen LogP contribution in [0.4, 0.5) is 0 Å². The van der Waals surface area contributed by atoms with Crippen molar-refractivity contribution in [2.75, 3.05) is 14.2 Å². The third-order valence-electron chi connectivity index (χ3n) is 5.16. The number of amides is 1. The summed E-state index contributed by atoms with van der Waals surface area (Å²) in [6, 6.07) is 22.0. The zero-order valence-electron chi connectivity index (χ0n) is 17.9. The van der Waals surface area contributed by atoms with Gasteiger partial charge in [0.05, 0.1) is 26.2 Å². The Kier molecular flexibility index (Phi) is 6.17. The van der Waals surface area contributed by atoms with E-state index in [-0.39, 0.29) is 30.2 Å². The molecule has 0 aliphatic heterocycles. The first kappa shape index (κ1) is 21.1. The van der Waals surface area contributed by atoms with Crippen molar-refractivity contribution >= 4 is 16.7 Å². The Morgan fingerprint density at radius 2 is 1.56 bits per heavy atom. The standard InChI is InChI=1S/C25H23N3O4/c1-31-21-13-12-18(14-22(21)32-2)15-26-24(29)23-19-10-6-7-11-20(19)25(30)28(27-23)16-17-8-4-3-5-9-17/h3-14H,15-16H2,1-2H3,(H,26,29). The summed E-state index contributed by atoms with van der Waals surface area (Å²) in [5.41, 5.74) is 1.74. The maximum absolute atomic E-state index is 13.1. The Balaban J connectivity index is 1.65. The summed E-state index contributed by atoms with van der Waals surface area (Å²) >= 11 is 0. The van der Waals surface area contributed by atoms with Crippen LogP contribution in [0.1, 0.15) is 21.6 Å². The largest absolute Gasteiger partial charge is 0.493 e. The van der Waals surface area contributed by atoms with Crippen LogP contribution < -0.4 is 20.3 Å². The van der Waals surface area contributed by atoms with Gasteiger partial charge in [0.1, 0.15) is 0 Å². The molecule has 0 aliphatic carbocycles. The summed E-state index contributed by atoms with van der Waals surface area (Å²) in [6.07, 6.45) is 0. The molecule has 0 aliphatic rings. The van der Waals surface area contributed by atoms with Crippen molar-refractivity contribution in [1.29, 1.82) is 0 Å². The van der Waals surface area contributed by atoms with Crippen molar-refractivity contribution in [3.05, 3.63) is 100.0 Å². The van der Waals surface area contributed by atoms with Crippen molar-refractivity contribution < 1.29 is 14.3 Å². The zero-order chi connectivity index (χ0) is 22.5. The second-order valence-corrected chi connectivity index (χ2v) is 7.21. The van der Waals surface area contributed by atoms with E-state index in [4.69, 9.17) is 9.47 Å². The van der Waals surface area contributed by atoms with Gasteiger partial charge in [0, 0.05) is 11.9 Å². The number of carbonyl (C=O) groups is 1. The van der Waals surface area contributed by atoms with E-state index < -0.39 is 0 Å². The SMILES string of the molecule is COc1ccc(CNC(=O)c2nn(Cc3ccccc3)c(=O)c3ccccc23)cc1OC. The summed E-state index contributed by atoms with van der Waals surface area (Å²) in [7, 11) is 3.13. The molecule has 0 saturated heterocycles. The molecule has 0 atom stereocenters. The smallest absolute Gasteiger partial charge is 0.274 e. The Morgan fingerprint density at radius 3 is 2.28 bits per heavy atom. The lowest BCUT2D eigenvalue weighted by molar-refractivity contribution is 0.0945. The number of ether oxygens (including phenoxy) is 2. The zero-order valence-corrected chi connectivity index (χ0v) is 17.9. The highest BCUT2D eigenvalue weighted by Crippen LogP contribution is 2.27. The molecule has 7 nitrogen and oxygen atoms in total. The molecular weight excluding hydrogens is 406 g/mol. The first-order valence-electron chi connectivity index (χ1n) is 10.1. The van der Waals surface area contributed by atoms with Gasteiger partial charge in [0.25, 0.3) is 11.5 Å². The Morgan fingerprint density at radius 1 is 0.875 bits per heavy atom. The molecule has 1 heterocycles. The number of aromatic nitrogens is 2. The van der Waals surface area contributed by atoms with E-state index in [2.05, 4.69) is 10.4 Å². The number of rotatable bonds is 7. The minimum absolute atomic E-state index is 0.205. The van der Waals surface area contributed by atoms with Crippen LogP contribution in [0.25, 0.3) is 10.8 Å². The van der Waals surface area contributed by atoms with Crippen molar-refractivity contribution in [1.82, 2.24) is 15.1 Å². The molecule has 4 rings (SSSR count). The van der Waals surface area contributed by atoms with Gasteiger partial charge in [-0.2, -0.15) is 5.10 Å². The third-order valence-corrected chi connectivity index (χ3v) is 5.16. The lowest BCUT2D eigenvalue weighted by Gasteiger charge is -2.12. The number of nitrogens with one attached hydrogen (secondary N) is 1. The number of carbonyl (C=O) groups excluding carboxylic acids is 1. The van der Waals surface area contributed by atoms with E-state index in [1.165, 1.54) is 4.68 Å². The molecule has 1 aromatic heterocycles. The molecular formula is C25H23N3O4. The molecule has 0 fully saturated rings. The number of methoxy groups -OCH3 is 2. The second kappa shape index (κ2) is 9.34. The van der Waals surface area contributed by atoms with Crippen LogP contribution in [0.3, 0.4) is 0 Å². The molecule has 0 radical (unpaired) electrons. The number of nitrogens with zero attached hydrogens (tertiary/aromatic N) is 2. The van der Waals surface area contributed by atoms with Gasteiger partial charge in [0.15, 0.2) is 17.2 Å². The molecule has 0 spiro atoms. The quantitative estimate of drug-likeness (QED) is 0.487. The average molecular weight is 429 g/mol. The summed E-state index contributed by atoms with van der Waals surface area (Å²) in [4.78, 5) is 26.0. The van der Waals surface area contributed by atoms with Gasteiger partial charge in [-0.05, 0) is 29.3 Å². The van der Waals surface area contributed by atoms with Gasteiger partial charge in [-0.1, -0.05) is 54.6 Å². The van der Waals surface area contributed by atoms with Crippen molar-refractivity contribution in [2.45, 2.75) is 13.1 Å². The molecule has 0 bridgehead atoms. The van der Waals surface area contributed by atoms with E-state index in [1.807, 2.05) is 36.4 Å². The highest BCUT2D eigenvalue weighted by atomic mass is 16.5. The van der Waals surface area contributed by atoms with E-state index in [9.17, 15) is 9.59 Å². The van der Waals surface area contributed by atoms with Crippen molar-refractivity contribution in [2.24, 2.45) is 0 Å². The summed E-state index contributed by atoms with van der Waals surface area (Å²) < 4.78 is 11.9. The van der Waals surface area contributed by atoms with E-state index >= 15 is 0 Å². The molecule has 0 unspecified atom stereocenters. The first-order chi connectivity index (χ1) is 15.6. The third kappa shape index (κ3) is 4.32. The molecule has 162 valence electrons. The van der Waals surface area contributed by atoms with Crippen LogP contribution in [0, 0.1) is 0 Å². The van der Waals surface area contributed by atoms with Crippen LogP contribution in [-0.2, 0) is 13.1 Å². The second-order valence-electron chi connectivity index (χ2n) is 7.21. The summed E-state index contributed by atoms with van der Waals surface area (Å²) in [6.45, 7) is 0.549. The van der Waals surface area contributed by atoms with Gasteiger partial charge < -0.3 is 14.8 Å². The number of hydrogen-bond donors (Lipinski definition) is 1. The van der Waals surface area contributed by atoms with Gasteiger partial charge in [0.2, 0.25) is 0 Å². The van der Waals surface area contributed by atoms with E-state index in [0.717, 1.165) is 11.1 Å². The fourth-order valence-corrected chi connectivity index (χ4v) is 3.52. The Labute approximate surface area is 185 Å². The van der Waals surface area contributed by atoms with E-state index in [1.54, 1.807) is 50.6 Å². The lowest BCUT2D eigenvalue weighted by atomic mass is 10.1. The Hall–Kier alpha value is -4.13. The molecule has 3 aromatic carbocycles. The molecule has 7 heteroatoms. The first-order valence-corrected chi connectivity index (χ1v) is 10.1. The summed E-state index contributed by atoms with van der Waals surface area (Å²) in [5.74, 6) is 0.834. The predicted molar refractivity (Wildman–Crippen MR) is 122 cm³/mol. The number of benzene rings is 3. The van der Waals surface area contributed by atoms with Crippen LogP contribution in [0.15, 0.2) is 77.6 Å². The number of fused-ring (bicyclic) bond motifs is 1. The molecule has 1 N–H and O–H groups in total. The van der Waals surface area contributed by atoms with Gasteiger partial charge in [-0.25, -0.2) is 4.68 Å². The van der Waals surface area contributed by atoms with Crippen LogP contribution in [0.2, 0.25) is 0 Å². The average Bonchev–Trinajstić information content (AvgIpc) is 2.84. The monoisotopic (exact) mass is 429 g/mol. The van der Waals surface area contributed by atoms with Gasteiger partial charge in [-0.15, -0.1) is 0 Å². The van der Waals surface area contributed by atoms with Crippen molar-refractivity contribution in [3.63, 3.8) is 0 Å². The summed E-state index contributed by atoms with van der Waals surface area (Å²) in [5, 5.41) is 8.28. The molecule has 32 heavy (non-hydrogen) atoms. The van der Waals surface area contributed by atoms with Crippen LogP contribution >= 0.6 is 0 Å². The fraction of sp³-hybridized carbons (Fsp3) is 0.160. The molecule has 4 aromatic rings. The molecule has 0 saturated carbocycles. The van der Waals surface area contributed by atoms with Gasteiger partial charge in [-0.3, -0.25) is 9.59 Å². The highest BCUT2D eigenvalue weighted by molar-refractivity contribution is 6.04. The maximum Gasteiger partial charge on any atom is 0.274 e. The lowest BCUT2D eigenvalue weighted by Crippen LogP contribution is -2.30.